The monoisotopic (exact) mass is 367 g/mol. The van der Waals surface area contributed by atoms with E-state index in [0.717, 1.165) is 58.5 Å². The Hall–Kier alpha value is -1.18. The summed E-state index contributed by atoms with van der Waals surface area (Å²) in [6.45, 7) is 8.24. The molecule has 0 radical (unpaired) electrons. The van der Waals surface area contributed by atoms with Crippen molar-refractivity contribution in [3.8, 4) is 0 Å². The van der Waals surface area contributed by atoms with Gasteiger partial charge in [-0.05, 0) is 39.0 Å². The zero-order valence-electron chi connectivity index (χ0n) is 16.0. The summed E-state index contributed by atoms with van der Waals surface area (Å²) in [5.74, 6) is 0.276. The maximum Gasteiger partial charge on any atom is 0.251 e. The smallest absolute Gasteiger partial charge is 0.251 e. The quantitative estimate of drug-likeness (QED) is 0.693. The van der Waals surface area contributed by atoms with Crippen LogP contribution in [-0.2, 0) is 19.1 Å². The SMILES string of the molecule is CC(OCC1CCCCO1)C(=O)N1CCN(CC(=O)N2CCCC2)CC1. The molecular formula is C19H33N3O4. The van der Waals surface area contributed by atoms with Gasteiger partial charge in [-0.2, -0.15) is 0 Å². The number of piperazine rings is 1. The van der Waals surface area contributed by atoms with Crippen LogP contribution in [0, 0.1) is 0 Å². The van der Waals surface area contributed by atoms with E-state index >= 15 is 0 Å². The second kappa shape index (κ2) is 9.67. The maximum atomic E-state index is 12.6. The number of amides is 2. The van der Waals surface area contributed by atoms with E-state index < -0.39 is 6.10 Å². The van der Waals surface area contributed by atoms with Crippen LogP contribution < -0.4 is 0 Å². The van der Waals surface area contributed by atoms with Gasteiger partial charge in [0.15, 0.2) is 0 Å². The van der Waals surface area contributed by atoms with Crippen molar-refractivity contribution in [1.82, 2.24) is 14.7 Å². The Labute approximate surface area is 156 Å². The molecule has 3 heterocycles. The van der Waals surface area contributed by atoms with Gasteiger partial charge in [0.25, 0.3) is 5.91 Å². The second-order valence-electron chi connectivity index (χ2n) is 7.65. The van der Waals surface area contributed by atoms with Crippen molar-refractivity contribution >= 4 is 11.8 Å². The summed E-state index contributed by atoms with van der Waals surface area (Å²) in [6.07, 6.45) is 5.26. The summed E-state index contributed by atoms with van der Waals surface area (Å²) in [5, 5.41) is 0. The van der Waals surface area contributed by atoms with Gasteiger partial charge >= 0.3 is 0 Å². The van der Waals surface area contributed by atoms with Crippen molar-refractivity contribution in [3.05, 3.63) is 0 Å². The van der Waals surface area contributed by atoms with E-state index in [9.17, 15) is 9.59 Å². The fourth-order valence-corrected chi connectivity index (χ4v) is 3.90. The first-order chi connectivity index (χ1) is 12.6. The van der Waals surface area contributed by atoms with Gasteiger partial charge < -0.3 is 19.3 Å². The summed E-state index contributed by atoms with van der Waals surface area (Å²) in [7, 11) is 0. The van der Waals surface area contributed by atoms with E-state index in [1.54, 1.807) is 0 Å². The zero-order chi connectivity index (χ0) is 18.4. The van der Waals surface area contributed by atoms with Gasteiger partial charge in [0.2, 0.25) is 5.91 Å². The van der Waals surface area contributed by atoms with E-state index in [4.69, 9.17) is 9.47 Å². The van der Waals surface area contributed by atoms with Gasteiger partial charge in [0.05, 0.1) is 19.3 Å². The van der Waals surface area contributed by atoms with Crippen molar-refractivity contribution in [2.45, 2.75) is 51.2 Å². The zero-order valence-corrected chi connectivity index (χ0v) is 16.0. The molecule has 7 nitrogen and oxygen atoms in total. The maximum absolute atomic E-state index is 12.6. The number of hydrogen-bond donors (Lipinski definition) is 0. The van der Waals surface area contributed by atoms with Crippen molar-refractivity contribution in [1.29, 1.82) is 0 Å². The minimum Gasteiger partial charge on any atom is -0.376 e. The topological polar surface area (TPSA) is 62.3 Å². The molecule has 0 aromatic rings. The van der Waals surface area contributed by atoms with Gasteiger partial charge in [-0.25, -0.2) is 0 Å². The molecule has 3 fully saturated rings. The Balaban J connectivity index is 1.35. The van der Waals surface area contributed by atoms with E-state index in [1.165, 1.54) is 6.42 Å². The molecule has 7 heteroatoms. The largest absolute Gasteiger partial charge is 0.376 e. The van der Waals surface area contributed by atoms with Gasteiger partial charge in [0, 0.05) is 45.9 Å². The van der Waals surface area contributed by atoms with Gasteiger partial charge in [-0.15, -0.1) is 0 Å². The van der Waals surface area contributed by atoms with Crippen LogP contribution in [-0.4, -0.2) is 97.7 Å². The predicted molar refractivity (Wildman–Crippen MR) is 97.8 cm³/mol. The standard InChI is InChI=1S/C19H33N3O4/c1-16(26-15-17-6-2-5-13-25-17)19(24)22-11-9-20(10-12-22)14-18(23)21-7-3-4-8-21/h16-17H,2-15H2,1H3. The number of carbonyl (C=O) groups is 2. The molecule has 3 saturated heterocycles. The van der Waals surface area contributed by atoms with Crippen molar-refractivity contribution in [2.75, 3.05) is 59.0 Å². The summed E-state index contributed by atoms with van der Waals surface area (Å²) in [5.41, 5.74) is 0. The van der Waals surface area contributed by atoms with Crippen LogP contribution in [0.4, 0.5) is 0 Å². The molecule has 0 bridgehead atoms. The van der Waals surface area contributed by atoms with E-state index in [-0.39, 0.29) is 17.9 Å². The molecule has 3 aliphatic rings. The fraction of sp³-hybridized carbons (Fsp3) is 0.895. The number of carbonyl (C=O) groups excluding carboxylic acids is 2. The molecule has 0 saturated carbocycles. The summed E-state index contributed by atoms with van der Waals surface area (Å²) in [4.78, 5) is 30.8. The van der Waals surface area contributed by atoms with Gasteiger partial charge in [0.1, 0.15) is 6.10 Å². The van der Waals surface area contributed by atoms with Crippen LogP contribution >= 0.6 is 0 Å². The van der Waals surface area contributed by atoms with Crippen molar-refractivity contribution < 1.29 is 19.1 Å². The molecule has 148 valence electrons. The number of nitrogens with zero attached hydrogens (tertiary/aromatic N) is 3. The highest BCUT2D eigenvalue weighted by Gasteiger charge is 2.28. The lowest BCUT2D eigenvalue weighted by atomic mass is 10.1. The molecule has 2 atom stereocenters. The van der Waals surface area contributed by atoms with Gasteiger partial charge in [-0.3, -0.25) is 14.5 Å². The molecule has 0 aromatic heterocycles. The Bertz CT molecular complexity index is 467. The van der Waals surface area contributed by atoms with Gasteiger partial charge in [-0.1, -0.05) is 0 Å². The first-order valence-electron chi connectivity index (χ1n) is 10.2. The van der Waals surface area contributed by atoms with Crippen LogP contribution in [0.25, 0.3) is 0 Å². The van der Waals surface area contributed by atoms with Crippen LogP contribution in [0.15, 0.2) is 0 Å². The highest BCUT2D eigenvalue weighted by molar-refractivity contribution is 5.81. The Kier molecular flexibility index (Phi) is 7.28. The lowest BCUT2D eigenvalue weighted by Gasteiger charge is -2.36. The molecule has 2 amide bonds. The number of rotatable bonds is 6. The summed E-state index contributed by atoms with van der Waals surface area (Å²) < 4.78 is 11.4. The molecule has 0 N–H and O–H groups in total. The molecule has 26 heavy (non-hydrogen) atoms. The third kappa shape index (κ3) is 5.41. The van der Waals surface area contributed by atoms with E-state index in [1.807, 2.05) is 16.7 Å². The fourth-order valence-electron chi connectivity index (χ4n) is 3.90. The average molecular weight is 367 g/mol. The molecule has 0 spiro atoms. The highest BCUT2D eigenvalue weighted by atomic mass is 16.5. The highest BCUT2D eigenvalue weighted by Crippen LogP contribution is 2.14. The Morgan fingerprint density at radius 2 is 1.73 bits per heavy atom. The molecule has 2 unspecified atom stereocenters. The third-order valence-corrected chi connectivity index (χ3v) is 5.66. The number of hydrogen-bond acceptors (Lipinski definition) is 5. The second-order valence-corrected chi connectivity index (χ2v) is 7.65. The summed E-state index contributed by atoms with van der Waals surface area (Å²) >= 11 is 0. The number of likely N-dealkylation sites (tertiary alicyclic amines) is 1. The molecular weight excluding hydrogens is 334 g/mol. The first kappa shape index (κ1) is 19.6. The molecule has 3 aliphatic heterocycles. The van der Waals surface area contributed by atoms with Crippen LogP contribution in [0.2, 0.25) is 0 Å². The summed E-state index contributed by atoms with van der Waals surface area (Å²) in [6, 6.07) is 0. The molecule has 0 aromatic carbocycles. The van der Waals surface area contributed by atoms with Crippen LogP contribution in [0.5, 0.6) is 0 Å². The van der Waals surface area contributed by atoms with E-state index in [0.29, 0.717) is 26.2 Å². The minimum atomic E-state index is -0.432. The van der Waals surface area contributed by atoms with Crippen molar-refractivity contribution in [3.63, 3.8) is 0 Å². The lowest BCUT2D eigenvalue weighted by Crippen LogP contribution is -2.53. The molecule has 0 aliphatic carbocycles. The van der Waals surface area contributed by atoms with Crippen LogP contribution in [0.3, 0.4) is 0 Å². The number of ether oxygens (including phenoxy) is 2. The van der Waals surface area contributed by atoms with Crippen molar-refractivity contribution in [2.24, 2.45) is 0 Å². The lowest BCUT2D eigenvalue weighted by molar-refractivity contribution is -0.148. The third-order valence-electron chi connectivity index (χ3n) is 5.66. The molecule has 3 rings (SSSR count). The predicted octanol–water partition coefficient (Wildman–Crippen LogP) is 0.727. The Morgan fingerprint density at radius 3 is 2.38 bits per heavy atom. The normalized spacial score (nSPS) is 26.1. The minimum absolute atomic E-state index is 0.0475. The van der Waals surface area contributed by atoms with E-state index in [2.05, 4.69) is 4.90 Å². The van der Waals surface area contributed by atoms with Crippen LogP contribution in [0.1, 0.15) is 39.0 Å². The first-order valence-corrected chi connectivity index (χ1v) is 10.2. The Morgan fingerprint density at radius 1 is 1.00 bits per heavy atom. The average Bonchev–Trinajstić information content (AvgIpc) is 3.22.